The largest absolute Gasteiger partial charge is 0.464 e. The number of hydrogen-bond acceptors (Lipinski definition) is 4. The van der Waals surface area contributed by atoms with E-state index >= 15 is 0 Å². The van der Waals surface area contributed by atoms with Gasteiger partial charge in [-0.15, -0.1) is 0 Å². The highest BCUT2D eigenvalue weighted by molar-refractivity contribution is 7.89. The maximum absolute atomic E-state index is 13.4. The van der Waals surface area contributed by atoms with Crippen LogP contribution in [-0.2, 0) is 21.3 Å². The summed E-state index contributed by atoms with van der Waals surface area (Å²) in [6.45, 7) is 6.26. The van der Waals surface area contributed by atoms with Crippen LogP contribution >= 0.6 is 0 Å². The van der Waals surface area contributed by atoms with E-state index in [0.29, 0.717) is 17.9 Å². The average molecular weight is 450 g/mol. The molecule has 5 nitrogen and oxygen atoms in total. The van der Waals surface area contributed by atoms with Gasteiger partial charge < -0.3 is 9.47 Å². The average Bonchev–Trinajstić information content (AvgIpc) is 2.78. The van der Waals surface area contributed by atoms with Crippen LogP contribution in [0.1, 0.15) is 30.5 Å². The molecule has 3 aromatic carbocycles. The molecule has 0 heterocycles. The van der Waals surface area contributed by atoms with Crippen LogP contribution in [0.15, 0.2) is 83.8 Å². The molecule has 1 atom stereocenters. The van der Waals surface area contributed by atoms with Gasteiger partial charge in [0.05, 0.1) is 17.0 Å². The molecular formula is C26H27NO4S. The van der Waals surface area contributed by atoms with Crippen LogP contribution in [0.3, 0.4) is 0 Å². The van der Waals surface area contributed by atoms with Crippen LogP contribution in [0.2, 0.25) is 0 Å². The summed E-state index contributed by atoms with van der Waals surface area (Å²) in [4.78, 5) is 0.197. The standard InChI is InChI=1S/C26H27NO4S/c1-4-30-22(3)31-26-13-9-8-12-24(26)18-19-27(20-23-10-6-5-7-11-23)32(28,29)25-16-14-21(2)15-17-25/h5-17,22H,4,20H2,1-3H3. The molecular weight excluding hydrogens is 422 g/mol. The summed E-state index contributed by atoms with van der Waals surface area (Å²) >= 11 is 0. The maximum atomic E-state index is 13.4. The second-order valence-electron chi connectivity index (χ2n) is 7.18. The van der Waals surface area contributed by atoms with E-state index in [4.69, 9.17) is 9.47 Å². The smallest absolute Gasteiger partial charge is 0.271 e. The van der Waals surface area contributed by atoms with Gasteiger partial charge in [-0.3, -0.25) is 0 Å². The minimum atomic E-state index is -3.84. The summed E-state index contributed by atoms with van der Waals surface area (Å²) in [5.74, 6) is 3.52. The summed E-state index contributed by atoms with van der Waals surface area (Å²) in [7, 11) is -3.84. The van der Waals surface area contributed by atoms with Crippen molar-refractivity contribution in [3.8, 4) is 17.7 Å². The number of nitrogens with zero attached hydrogens (tertiary/aromatic N) is 1. The molecule has 0 spiro atoms. The van der Waals surface area contributed by atoms with Crippen LogP contribution in [0, 0.1) is 18.9 Å². The number of rotatable bonds is 8. The molecule has 0 N–H and O–H groups in total. The van der Waals surface area contributed by atoms with Gasteiger partial charge in [0.2, 0.25) is 0 Å². The zero-order chi connectivity index (χ0) is 23.0. The summed E-state index contributed by atoms with van der Waals surface area (Å²) < 4.78 is 39.2. The Morgan fingerprint density at radius 2 is 1.59 bits per heavy atom. The van der Waals surface area contributed by atoms with Crippen molar-refractivity contribution in [3.05, 3.63) is 95.6 Å². The lowest BCUT2D eigenvalue weighted by molar-refractivity contribution is -0.0614. The molecule has 166 valence electrons. The van der Waals surface area contributed by atoms with Gasteiger partial charge in [0.25, 0.3) is 10.0 Å². The normalized spacial score (nSPS) is 11.8. The second-order valence-corrected chi connectivity index (χ2v) is 9.05. The fraction of sp³-hybridized carbons (Fsp3) is 0.231. The molecule has 0 bridgehead atoms. The third-order valence-corrected chi connectivity index (χ3v) is 6.34. The van der Waals surface area contributed by atoms with Gasteiger partial charge in [0.1, 0.15) is 5.75 Å². The molecule has 0 radical (unpaired) electrons. The Hall–Kier alpha value is -3.27. The van der Waals surface area contributed by atoms with E-state index in [9.17, 15) is 8.42 Å². The number of aryl methyl sites for hydroxylation is 1. The van der Waals surface area contributed by atoms with Crippen LogP contribution < -0.4 is 4.74 Å². The Morgan fingerprint density at radius 1 is 0.938 bits per heavy atom. The van der Waals surface area contributed by atoms with Gasteiger partial charge in [-0.05, 0) is 56.5 Å². The molecule has 0 aliphatic rings. The topological polar surface area (TPSA) is 55.8 Å². The zero-order valence-electron chi connectivity index (χ0n) is 18.5. The molecule has 1 unspecified atom stereocenters. The van der Waals surface area contributed by atoms with E-state index < -0.39 is 16.3 Å². The monoisotopic (exact) mass is 449 g/mol. The minimum Gasteiger partial charge on any atom is -0.464 e. The van der Waals surface area contributed by atoms with Crippen LogP contribution in [0.25, 0.3) is 0 Å². The zero-order valence-corrected chi connectivity index (χ0v) is 19.3. The van der Waals surface area contributed by atoms with Crippen molar-refractivity contribution >= 4 is 10.0 Å². The predicted molar refractivity (Wildman–Crippen MR) is 125 cm³/mol. The molecule has 0 fully saturated rings. The first-order chi connectivity index (χ1) is 15.4. The molecule has 3 aromatic rings. The van der Waals surface area contributed by atoms with E-state index in [1.165, 1.54) is 4.31 Å². The fourth-order valence-corrected chi connectivity index (χ4v) is 4.23. The first kappa shape index (κ1) is 23.4. The van der Waals surface area contributed by atoms with Gasteiger partial charge >= 0.3 is 0 Å². The summed E-state index contributed by atoms with van der Waals surface area (Å²) in [6, 6.07) is 26.3. The van der Waals surface area contributed by atoms with Crippen molar-refractivity contribution in [2.24, 2.45) is 0 Å². The Balaban J connectivity index is 1.98. The lowest BCUT2D eigenvalue weighted by Crippen LogP contribution is -2.26. The lowest BCUT2D eigenvalue weighted by Gasteiger charge is -2.19. The molecule has 0 aliphatic heterocycles. The number of sulfonamides is 1. The Labute approximate surface area is 190 Å². The third-order valence-electron chi connectivity index (χ3n) is 4.67. The summed E-state index contributed by atoms with van der Waals surface area (Å²) in [5.41, 5.74) is 2.40. The van der Waals surface area contributed by atoms with E-state index in [2.05, 4.69) is 12.0 Å². The van der Waals surface area contributed by atoms with Crippen LogP contribution in [0.4, 0.5) is 0 Å². The molecule has 0 aliphatic carbocycles. The third kappa shape index (κ3) is 6.13. The molecule has 0 aromatic heterocycles. The molecule has 0 saturated carbocycles. The van der Waals surface area contributed by atoms with Crippen LogP contribution in [-0.4, -0.2) is 25.6 Å². The van der Waals surface area contributed by atoms with Gasteiger partial charge in [0, 0.05) is 12.7 Å². The summed E-state index contributed by atoms with van der Waals surface area (Å²) in [5, 5.41) is 0. The first-order valence-electron chi connectivity index (χ1n) is 10.4. The van der Waals surface area contributed by atoms with Gasteiger partial charge in [-0.2, -0.15) is 0 Å². The second kappa shape index (κ2) is 10.9. The number of benzene rings is 3. The quantitative estimate of drug-likeness (QED) is 0.277. The Bertz CT molecular complexity index is 1180. The van der Waals surface area contributed by atoms with Crippen molar-refractivity contribution in [1.29, 1.82) is 0 Å². The highest BCUT2D eigenvalue weighted by Crippen LogP contribution is 2.21. The Kier molecular flexibility index (Phi) is 7.93. The van der Waals surface area contributed by atoms with Crippen molar-refractivity contribution < 1.29 is 17.9 Å². The number of para-hydroxylation sites is 1. The number of hydrogen-bond donors (Lipinski definition) is 0. The van der Waals surface area contributed by atoms with E-state index in [1.807, 2.05) is 56.3 Å². The predicted octanol–water partition coefficient (Wildman–Crippen LogP) is 4.96. The first-order valence-corrected chi connectivity index (χ1v) is 11.9. The van der Waals surface area contributed by atoms with Gasteiger partial charge in [-0.1, -0.05) is 60.2 Å². The van der Waals surface area contributed by atoms with Crippen LogP contribution in [0.5, 0.6) is 5.75 Å². The van der Waals surface area contributed by atoms with E-state index in [1.54, 1.807) is 43.3 Å². The van der Waals surface area contributed by atoms with Crippen molar-refractivity contribution in [2.45, 2.75) is 38.5 Å². The van der Waals surface area contributed by atoms with Crippen molar-refractivity contribution in [3.63, 3.8) is 0 Å². The molecule has 32 heavy (non-hydrogen) atoms. The van der Waals surface area contributed by atoms with Gasteiger partial charge in [0.15, 0.2) is 6.29 Å². The number of ether oxygens (including phenoxy) is 2. The summed E-state index contributed by atoms with van der Waals surface area (Å²) in [6.07, 6.45) is -0.445. The van der Waals surface area contributed by atoms with Crippen molar-refractivity contribution in [1.82, 2.24) is 4.31 Å². The van der Waals surface area contributed by atoms with E-state index in [0.717, 1.165) is 11.1 Å². The maximum Gasteiger partial charge on any atom is 0.271 e. The molecule has 6 heteroatoms. The highest BCUT2D eigenvalue weighted by atomic mass is 32.2. The lowest BCUT2D eigenvalue weighted by atomic mass is 10.2. The molecule has 0 saturated heterocycles. The van der Waals surface area contributed by atoms with E-state index in [-0.39, 0.29) is 11.4 Å². The minimum absolute atomic E-state index is 0.127. The van der Waals surface area contributed by atoms with Gasteiger partial charge in [-0.25, -0.2) is 12.7 Å². The molecule has 0 amide bonds. The SMILES string of the molecule is CCOC(C)Oc1ccccc1C#CN(Cc1ccccc1)S(=O)(=O)c1ccc(C)cc1. The molecule has 3 rings (SSSR count). The Morgan fingerprint density at radius 3 is 2.28 bits per heavy atom. The highest BCUT2D eigenvalue weighted by Gasteiger charge is 2.22. The fourth-order valence-electron chi connectivity index (χ4n) is 3.01. The van der Waals surface area contributed by atoms with Crippen molar-refractivity contribution in [2.75, 3.05) is 6.61 Å².